The van der Waals surface area contributed by atoms with Gasteiger partial charge in [-0.25, -0.2) is 0 Å². The van der Waals surface area contributed by atoms with Gasteiger partial charge < -0.3 is 5.32 Å². The van der Waals surface area contributed by atoms with Crippen LogP contribution in [-0.2, 0) is 0 Å². The fourth-order valence-corrected chi connectivity index (χ4v) is 1.89. The van der Waals surface area contributed by atoms with Crippen molar-refractivity contribution < 1.29 is 0 Å². The summed E-state index contributed by atoms with van der Waals surface area (Å²) in [6, 6.07) is 9.30. The lowest BCUT2D eigenvalue weighted by molar-refractivity contribution is 0.317. The van der Waals surface area contributed by atoms with E-state index in [1.807, 2.05) is 7.05 Å². The topological polar surface area (TPSA) is 12.0 Å². The quantitative estimate of drug-likeness (QED) is 0.792. The summed E-state index contributed by atoms with van der Waals surface area (Å²) in [6.45, 7) is 9.00. The molecule has 1 N–H and O–H groups in total. The molecule has 84 valence electrons. The van der Waals surface area contributed by atoms with E-state index in [0.717, 1.165) is 0 Å². The van der Waals surface area contributed by atoms with Gasteiger partial charge in [0.1, 0.15) is 0 Å². The molecule has 15 heavy (non-hydrogen) atoms. The Hall–Kier alpha value is -0.820. The molecule has 1 heteroatoms. The van der Waals surface area contributed by atoms with Crippen molar-refractivity contribution in [2.45, 2.75) is 33.7 Å². The van der Waals surface area contributed by atoms with Gasteiger partial charge in [-0.2, -0.15) is 0 Å². The smallest absolute Gasteiger partial charge is 0.0345 e. The van der Waals surface area contributed by atoms with Crippen molar-refractivity contribution in [1.29, 1.82) is 0 Å². The normalized spacial score (nSPS) is 15.3. The zero-order valence-electron chi connectivity index (χ0n) is 10.5. The molecule has 0 aliphatic heterocycles. The van der Waals surface area contributed by atoms with Gasteiger partial charge in [-0.3, -0.25) is 0 Å². The van der Waals surface area contributed by atoms with Gasteiger partial charge in [0.05, 0.1) is 0 Å². The standard InChI is InChI=1S/C14H23N/c1-10(2)12(4)14(15-5)13-8-6-11(3)7-9-13/h6-10,12,14-15H,1-5H3. The summed E-state index contributed by atoms with van der Waals surface area (Å²) in [4.78, 5) is 0. The molecule has 2 unspecified atom stereocenters. The molecular formula is C14H23N. The molecule has 1 nitrogen and oxygen atoms in total. The molecule has 0 aliphatic carbocycles. The lowest BCUT2D eigenvalue weighted by Crippen LogP contribution is -2.26. The number of aryl methyl sites for hydroxylation is 1. The maximum absolute atomic E-state index is 3.42. The van der Waals surface area contributed by atoms with Crippen LogP contribution in [0, 0.1) is 18.8 Å². The number of hydrogen-bond donors (Lipinski definition) is 1. The number of benzene rings is 1. The zero-order chi connectivity index (χ0) is 11.4. The second-order valence-electron chi connectivity index (χ2n) is 4.78. The molecule has 0 bridgehead atoms. The Morgan fingerprint density at radius 2 is 1.53 bits per heavy atom. The highest BCUT2D eigenvalue weighted by Gasteiger charge is 2.19. The van der Waals surface area contributed by atoms with E-state index in [-0.39, 0.29) is 0 Å². The average Bonchev–Trinajstić information content (AvgIpc) is 2.21. The third kappa shape index (κ3) is 3.07. The SMILES string of the molecule is CNC(c1ccc(C)cc1)C(C)C(C)C. The van der Waals surface area contributed by atoms with Gasteiger partial charge in [-0.1, -0.05) is 50.6 Å². The van der Waals surface area contributed by atoms with Crippen LogP contribution in [0.5, 0.6) is 0 Å². The van der Waals surface area contributed by atoms with Crippen LogP contribution < -0.4 is 5.32 Å². The molecule has 0 spiro atoms. The van der Waals surface area contributed by atoms with E-state index in [1.165, 1.54) is 11.1 Å². The molecule has 0 fully saturated rings. The fraction of sp³-hybridized carbons (Fsp3) is 0.571. The van der Waals surface area contributed by atoms with Gasteiger partial charge in [0, 0.05) is 6.04 Å². The van der Waals surface area contributed by atoms with E-state index < -0.39 is 0 Å². The largest absolute Gasteiger partial charge is 0.313 e. The third-order valence-corrected chi connectivity index (χ3v) is 3.32. The van der Waals surface area contributed by atoms with Crippen LogP contribution >= 0.6 is 0 Å². The predicted octanol–water partition coefficient (Wildman–Crippen LogP) is 3.55. The lowest BCUT2D eigenvalue weighted by Gasteiger charge is -2.27. The Bertz CT molecular complexity index is 287. The summed E-state index contributed by atoms with van der Waals surface area (Å²) in [5, 5.41) is 3.42. The molecule has 0 saturated carbocycles. The van der Waals surface area contributed by atoms with Gasteiger partial charge in [0.15, 0.2) is 0 Å². The van der Waals surface area contributed by atoms with Crippen molar-refractivity contribution in [1.82, 2.24) is 5.32 Å². The van der Waals surface area contributed by atoms with Crippen molar-refractivity contribution in [2.24, 2.45) is 11.8 Å². The van der Waals surface area contributed by atoms with E-state index in [9.17, 15) is 0 Å². The van der Waals surface area contributed by atoms with Crippen molar-refractivity contribution in [3.05, 3.63) is 35.4 Å². The van der Waals surface area contributed by atoms with Gasteiger partial charge in [-0.05, 0) is 31.4 Å². The van der Waals surface area contributed by atoms with E-state index in [0.29, 0.717) is 17.9 Å². The molecule has 0 radical (unpaired) electrons. The van der Waals surface area contributed by atoms with Crippen molar-refractivity contribution >= 4 is 0 Å². The minimum Gasteiger partial charge on any atom is -0.313 e. The van der Waals surface area contributed by atoms with Crippen molar-refractivity contribution in [3.63, 3.8) is 0 Å². The highest BCUT2D eigenvalue weighted by atomic mass is 14.9. The molecule has 1 aromatic carbocycles. The van der Waals surface area contributed by atoms with E-state index in [4.69, 9.17) is 0 Å². The first-order chi connectivity index (χ1) is 7.06. The summed E-state index contributed by atoms with van der Waals surface area (Å²) >= 11 is 0. The van der Waals surface area contributed by atoms with Crippen molar-refractivity contribution in [2.75, 3.05) is 7.05 Å². The Morgan fingerprint density at radius 1 is 1.00 bits per heavy atom. The summed E-state index contributed by atoms with van der Waals surface area (Å²) in [5.41, 5.74) is 2.72. The van der Waals surface area contributed by atoms with Gasteiger partial charge >= 0.3 is 0 Å². The molecule has 0 aromatic heterocycles. The summed E-state index contributed by atoms with van der Waals surface area (Å²) in [5.74, 6) is 1.35. The Labute approximate surface area is 93.9 Å². The first-order valence-electron chi connectivity index (χ1n) is 5.80. The molecule has 1 rings (SSSR count). The highest BCUT2D eigenvalue weighted by Crippen LogP contribution is 2.27. The van der Waals surface area contributed by atoms with Crippen LogP contribution in [0.15, 0.2) is 24.3 Å². The zero-order valence-corrected chi connectivity index (χ0v) is 10.5. The molecule has 0 heterocycles. The first kappa shape index (κ1) is 12.3. The van der Waals surface area contributed by atoms with E-state index in [1.54, 1.807) is 0 Å². The Morgan fingerprint density at radius 3 is 1.93 bits per heavy atom. The number of hydrogen-bond acceptors (Lipinski definition) is 1. The van der Waals surface area contributed by atoms with Crippen LogP contribution in [0.1, 0.15) is 37.9 Å². The fourth-order valence-electron chi connectivity index (χ4n) is 1.89. The Kier molecular flexibility index (Phi) is 4.34. The van der Waals surface area contributed by atoms with Gasteiger partial charge in [-0.15, -0.1) is 0 Å². The Balaban J connectivity index is 2.87. The molecule has 1 aromatic rings. The maximum atomic E-state index is 3.42. The first-order valence-corrected chi connectivity index (χ1v) is 5.80. The maximum Gasteiger partial charge on any atom is 0.0345 e. The second kappa shape index (κ2) is 5.32. The highest BCUT2D eigenvalue weighted by molar-refractivity contribution is 5.24. The molecule has 2 atom stereocenters. The monoisotopic (exact) mass is 205 g/mol. The molecule has 0 aliphatic rings. The third-order valence-electron chi connectivity index (χ3n) is 3.32. The molecule has 0 saturated heterocycles. The molecule has 0 amide bonds. The van der Waals surface area contributed by atoms with Crippen LogP contribution in [-0.4, -0.2) is 7.05 Å². The summed E-state index contributed by atoms with van der Waals surface area (Å²) in [7, 11) is 2.05. The minimum absolute atomic E-state index is 0.464. The van der Waals surface area contributed by atoms with E-state index in [2.05, 4.69) is 57.3 Å². The van der Waals surface area contributed by atoms with Crippen LogP contribution in [0.2, 0.25) is 0 Å². The lowest BCUT2D eigenvalue weighted by atomic mass is 9.86. The van der Waals surface area contributed by atoms with Crippen LogP contribution in [0.3, 0.4) is 0 Å². The van der Waals surface area contributed by atoms with E-state index >= 15 is 0 Å². The van der Waals surface area contributed by atoms with Crippen molar-refractivity contribution in [3.8, 4) is 0 Å². The minimum atomic E-state index is 0.464. The number of nitrogens with one attached hydrogen (secondary N) is 1. The predicted molar refractivity (Wildman–Crippen MR) is 67.0 cm³/mol. The van der Waals surface area contributed by atoms with Crippen LogP contribution in [0.25, 0.3) is 0 Å². The number of rotatable bonds is 4. The summed E-state index contributed by atoms with van der Waals surface area (Å²) in [6.07, 6.45) is 0. The average molecular weight is 205 g/mol. The van der Waals surface area contributed by atoms with Crippen LogP contribution in [0.4, 0.5) is 0 Å². The van der Waals surface area contributed by atoms with Gasteiger partial charge in [0.2, 0.25) is 0 Å². The summed E-state index contributed by atoms with van der Waals surface area (Å²) < 4.78 is 0. The molecular weight excluding hydrogens is 182 g/mol. The second-order valence-corrected chi connectivity index (χ2v) is 4.78. The van der Waals surface area contributed by atoms with Gasteiger partial charge in [0.25, 0.3) is 0 Å².